The molecule has 218 valence electrons. The first-order valence-corrected chi connectivity index (χ1v) is 15.2. The summed E-state index contributed by atoms with van der Waals surface area (Å²) in [6.07, 6.45) is 0.0920. The molecule has 1 heterocycles. The Morgan fingerprint density at radius 3 is 2.37 bits per heavy atom. The Balaban J connectivity index is 1.99. The van der Waals surface area contributed by atoms with Gasteiger partial charge in [0.25, 0.3) is 0 Å². The van der Waals surface area contributed by atoms with Crippen molar-refractivity contribution in [1.82, 2.24) is 4.98 Å². The van der Waals surface area contributed by atoms with Gasteiger partial charge in [0.2, 0.25) is 0 Å². The van der Waals surface area contributed by atoms with Crippen LogP contribution in [0.15, 0.2) is 48.5 Å². The average Bonchev–Trinajstić information content (AvgIpc) is 3.34. The summed E-state index contributed by atoms with van der Waals surface area (Å²) in [7, 11) is 2.07. The van der Waals surface area contributed by atoms with E-state index < -0.39 is 17.7 Å². The molecular weight excluding hydrogens is 554 g/mol. The maximum Gasteiger partial charge on any atom is 0.339 e. The van der Waals surface area contributed by atoms with Crippen LogP contribution in [0.5, 0.6) is 0 Å². The number of hydrogen-bond donors (Lipinski definition) is 1. The van der Waals surface area contributed by atoms with Gasteiger partial charge in [-0.2, -0.15) is 0 Å². The van der Waals surface area contributed by atoms with Crippen LogP contribution >= 0.6 is 22.9 Å². The summed E-state index contributed by atoms with van der Waals surface area (Å²) in [4.78, 5) is 20.7. The quantitative estimate of drug-likeness (QED) is 0.154. The fourth-order valence-electron chi connectivity index (χ4n) is 4.87. The number of esters is 1. The molecule has 2 N–H and O–H groups in total. The van der Waals surface area contributed by atoms with Crippen LogP contribution in [0.3, 0.4) is 0 Å². The zero-order valence-corrected chi connectivity index (χ0v) is 26.7. The van der Waals surface area contributed by atoms with Crippen LogP contribution in [0.1, 0.15) is 65.2 Å². The number of ether oxygens (including phenoxy) is 2. The molecule has 2 atom stereocenters. The molecule has 0 spiro atoms. The lowest BCUT2D eigenvalue weighted by Gasteiger charge is -2.29. The number of hydrogen-bond acceptors (Lipinski definition) is 7. The summed E-state index contributed by atoms with van der Waals surface area (Å²) < 4.78 is 12.9. The Kier molecular flexibility index (Phi) is 9.32. The Hall–Kier alpha value is -3.13. The van der Waals surface area contributed by atoms with Crippen LogP contribution in [0.2, 0.25) is 5.02 Å². The van der Waals surface area contributed by atoms with Gasteiger partial charge >= 0.3 is 5.97 Å². The van der Waals surface area contributed by atoms with E-state index >= 15 is 0 Å². The van der Waals surface area contributed by atoms with Crippen molar-refractivity contribution in [1.29, 1.82) is 0 Å². The second-order valence-electron chi connectivity index (χ2n) is 11.4. The topological polar surface area (TPSA) is 77.7 Å². The molecule has 0 aliphatic carbocycles. The highest BCUT2D eigenvalue weighted by Crippen LogP contribution is 2.45. The third-order valence-electron chi connectivity index (χ3n) is 7.20. The van der Waals surface area contributed by atoms with E-state index in [1.807, 2.05) is 70.2 Å². The smallest absolute Gasteiger partial charge is 0.339 e. The molecule has 0 amide bonds. The first kappa shape index (κ1) is 30.8. The fraction of sp³-hybridized carbons (Fsp3) is 0.394. The fourth-order valence-corrected chi connectivity index (χ4v) is 6.11. The van der Waals surface area contributed by atoms with E-state index in [0.717, 1.165) is 60.8 Å². The molecular formula is C33H40ClN3O3S. The second-order valence-corrected chi connectivity index (χ2v) is 12.8. The summed E-state index contributed by atoms with van der Waals surface area (Å²) >= 11 is 7.87. The Labute approximate surface area is 252 Å². The SMILES string of the molecule is CCOC(=O)C(OC(C)(C)C)c1c(C)cc2nc(-c3ccc(N)c(N(C)C(C)CC)c3)sc2c1-c1ccc(Cl)cc1. The number of rotatable bonds is 9. The third-order valence-corrected chi connectivity index (χ3v) is 8.59. The normalized spacial score (nSPS) is 13.3. The summed E-state index contributed by atoms with van der Waals surface area (Å²) in [6, 6.07) is 16.1. The highest BCUT2D eigenvalue weighted by Gasteiger charge is 2.33. The molecule has 0 aliphatic heterocycles. The summed E-state index contributed by atoms with van der Waals surface area (Å²) in [5.74, 6) is -0.416. The lowest BCUT2D eigenvalue weighted by Crippen LogP contribution is -2.29. The van der Waals surface area contributed by atoms with Gasteiger partial charge in [-0.3, -0.25) is 0 Å². The van der Waals surface area contributed by atoms with Gasteiger partial charge in [0.15, 0.2) is 6.10 Å². The van der Waals surface area contributed by atoms with Crippen LogP contribution in [0.4, 0.5) is 11.4 Å². The molecule has 0 saturated heterocycles. The van der Waals surface area contributed by atoms with Crippen LogP contribution < -0.4 is 10.6 Å². The van der Waals surface area contributed by atoms with E-state index in [0.29, 0.717) is 11.1 Å². The van der Waals surface area contributed by atoms with Crippen LogP contribution in [0, 0.1) is 6.92 Å². The first-order chi connectivity index (χ1) is 19.3. The Morgan fingerprint density at radius 1 is 1.10 bits per heavy atom. The summed E-state index contributed by atoms with van der Waals surface area (Å²) in [6.45, 7) is 14.2. The summed E-state index contributed by atoms with van der Waals surface area (Å²) in [5, 5.41) is 1.51. The number of aromatic nitrogens is 1. The molecule has 0 aliphatic rings. The van der Waals surface area contributed by atoms with Crippen molar-refractivity contribution in [3.8, 4) is 21.7 Å². The van der Waals surface area contributed by atoms with Gasteiger partial charge in [0.05, 0.1) is 33.8 Å². The lowest BCUT2D eigenvalue weighted by atomic mass is 9.91. The molecule has 6 nitrogen and oxygen atoms in total. The molecule has 2 unspecified atom stereocenters. The predicted octanol–water partition coefficient (Wildman–Crippen LogP) is 8.83. The van der Waals surface area contributed by atoms with E-state index in [4.69, 9.17) is 31.8 Å². The minimum absolute atomic E-state index is 0.260. The number of halogens is 1. The molecule has 0 saturated carbocycles. The standard InChI is InChI=1S/C33H40ClN3O3S/c1-9-20(4)37(8)26-18-22(13-16-24(26)35)31-36-25-17-19(3)27(29(32(38)39-10-2)40-33(5,6)7)28(30(25)41-31)21-11-14-23(34)15-12-21/h11-18,20,29H,9-10,35H2,1-8H3. The molecule has 0 bridgehead atoms. The minimum Gasteiger partial charge on any atom is -0.464 e. The van der Waals surface area contributed by atoms with Gasteiger partial charge in [-0.15, -0.1) is 11.3 Å². The van der Waals surface area contributed by atoms with Crippen molar-refractivity contribution in [2.24, 2.45) is 0 Å². The Bertz CT molecular complexity index is 1540. The molecule has 1 aromatic heterocycles. The molecule has 0 fully saturated rings. The number of carbonyl (C=O) groups is 1. The highest BCUT2D eigenvalue weighted by molar-refractivity contribution is 7.22. The number of nitrogens with zero attached hydrogens (tertiary/aromatic N) is 2. The van der Waals surface area contributed by atoms with E-state index in [1.165, 1.54) is 0 Å². The van der Waals surface area contributed by atoms with Gasteiger partial charge in [0.1, 0.15) is 5.01 Å². The van der Waals surface area contributed by atoms with Gasteiger partial charge < -0.3 is 20.1 Å². The molecule has 3 aromatic carbocycles. The molecule has 8 heteroatoms. The molecule has 0 radical (unpaired) electrons. The predicted molar refractivity (Wildman–Crippen MR) is 173 cm³/mol. The lowest BCUT2D eigenvalue weighted by molar-refractivity contribution is -0.166. The number of benzene rings is 3. The van der Waals surface area contributed by atoms with E-state index in [2.05, 4.69) is 31.9 Å². The van der Waals surface area contributed by atoms with Gasteiger partial charge in [-0.05, 0) is 95.5 Å². The minimum atomic E-state index is -0.914. The Morgan fingerprint density at radius 2 is 1.76 bits per heavy atom. The monoisotopic (exact) mass is 593 g/mol. The highest BCUT2D eigenvalue weighted by atomic mass is 35.5. The average molecular weight is 594 g/mol. The van der Waals surface area contributed by atoms with Crippen LogP contribution in [-0.2, 0) is 14.3 Å². The molecule has 4 aromatic rings. The number of aryl methyl sites for hydroxylation is 1. The maximum absolute atomic E-state index is 13.4. The zero-order valence-electron chi connectivity index (χ0n) is 25.2. The van der Waals surface area contributed by atoms with Crippen molar-refractivity contribution in [3.05, 3.63) is 64.7 Å². The van der Waals surface area contributed by atoms with Gasteiger partial charge in [-0.25, -0.2) is 9.78 Å². The number of thiazole rings is 1. The maximum atomic E-state index is 13.4. The molecule has 4 rings (SSSR count). The third kappa shape index (κ3) is 6.69. The van der Waals surface area contributed by atoms with Crippen molar-refractivity contribution in [3.63, 3.8) is 0 Å². The second kappa shape index (κ2) is 12.4. The van der Waals surface area contributed by atoms with E-state index in [-0.39, 0.29) is 6.61 Å². The van der Waals surface area contributed by atoms with Crippen molar-refractivity contribution >= 4 is 50.5 Å². The van der Waals surface area contributed by atoms with E-state index in [1.54, 1.807) is 18.3 Å². The van der Waals surface area contributed by atoms with Gasteiger partial charge in [0, 0.05) is 34.8 Å². The number of nitrogens with two attached hydrogens (primary N) is 1. The first-order valence-electron chi connectivity index (χ1n) is 14.0. The zero-order chi connectivity index (χ0) is 30.1. The largest absolute Gasteiger partial charge is 0.464 e. The van der Waals surface area contributed by atoms with Crippen molar-refractivity contribution in [2.45, 2.75) is 72.6 Å². The van der Waals surface area contributed by atoms with Crippen LogP contribution in [0.25, 0.3) is 31.9 Å². The number of nitrogen functional groups attached to an aromatic ring is 1. The van der Waals surface area contributed by atoms with Gasteiger partial charge in [-0.1, -0.05) is 30.7 Å². The summed E-state index contributed by atoms with van der Waals surface area (Å²) in [5.41, 5.74) is 12.9. The number of anilines is 2. The number of carbonyl (C=O) groups excluding carboxylic acids is 1. The van der Waals surface area contributed by atoms with Crippen LogP contribution in [-0.4, -0.2) is 36.3 Å². The van der Waals surface area contributed by atoms with Crippen molar-refractivity contribution < 1.29 is 14.3 Å². The number of fused-ring (bicyclic) bond motifs is 1. The van der Waals surface area contributed by atoms with Crippen molar-refractivity contribution in [2.75, 3.05) is 24.3 Å². The molecule has 41 heavy (non-hydrogen) atoms. The van der Waals surface area contributed by atoms with E-state index in [9.17, 15) is 4.79 Å².